The lowest BCUT2D eigenvalue weighted by molar-refractivity contribution is 0.581. The molecular weight excluding hydrogens is 161 g/mol. The van der Waals surface area contributed by atoms with Crippen LogP contribution in [0.3, 0.4) is 0 Å². The number of hydrogen-bond acceptors (Lipinski definition) is 2. The Hall–Kier alpha value is -1.65. The van der Waals surface area contributed by atoms with Gasteiger partial charge >= 0.3 is 0 Å². The molecule has 2 aromatic rings. The van der Waals surface area contributed by atoms with Gasteiger partial charge in [0.1, 0.15) is 0 Å². The standard InChI is InChI=1S/C7H6FN3O/c1-11-3-9-6-4(11)2-5(8)10-7(6)12/h2-3H,1H3,(H,10,12). The quantitative estimate of drug-likeness (QED) is 0.577. The van der Waals surface area contributed by atoms with E-state index in [0.717, 1.165) is 0 Å². The van der Waals surface area contributed by atoms with Gasteiger partial charge in [-0.25, -0.2) is 4.98 Å². The number of nitrogens with zero attached hydrogens (tertiary/aromatic N) is 2. The number of fused-ring (bicyclic) bond motifs is 1. The monoisotopic (exact) mass is 167 g/mol. The summed E-state index contributed by atoms with van der Waals surface area (Å²) in [5.74, 6) is -0.642. The lowest BCUT2D eigenvalue weighted by Gasteiger charge is -1.92. The van der Waals surface area contributed by atoms with E-state index >= 15 is 0 Å². The summed E-state index contributed by atoms with van der Waals surface area (Å²) in [4.78, 5) is 16.9. The van der Waals surface area contributed by atoms with Crippen molar-refractivity contribution in [3.63, 3.8) is 0 Å². The third-order valence-corrected chi connectivity index (χ3v) is 1.69. The smallest absolute Gasteiger partial charge is 0.278 e. The second-order valence-electron chi connectivity index (χ2n) is 2.54. The van der Waals surface area contributed by atoms with Crippen LogP contribution in [-0.2, 0) is 7.05 Å². The van der Waals surface area contributed by atoms with Gasteiger partial charge in [0, 0.05) is 13.1 Å². The zero-order chi connectivity index (χ0) is 8.72. The van der Waals surface area contributed by atoms with Crippen LogP contribution in [0.4, 0.5) is 4.39 Å². The number of halogens is 1. The van der Waals surface area contributed by atoms with Crippen molar-refractivity contribution >= 4 is 11.0 Å². The minimum absolute atomic E-state index is 0.263. The van der Waals surface area contributed by atoms with E-state index < -0.39 is 11.5 Å². The number of aryl methyl sites for hydroxylation is 1. The Morgan fingerprint density at radius 1 is 1.67 bits per heavy atom. The molecule has 2 rings (SSSR count). The summed E-state index contributed by atoms with van der Waals surface area (Å²) in [6.45, 7) is 0. The fourth-order valence-corrected chi connectivity index (χ4v) is 1.11. The molecule has 0 aliphatic rings. The van der Waals surface area contributed by atoms with Gasteiger partial charge in [0.2, 0.25) is 0 Å². The van der Waals surface area contributed by atoms with Crippen molar-refractivity contribution in [2.45, 2.75) is 0 Å². The molecule has 0 aromatic carbocycles. The van der Waals surface area contributed by atoms with Gasteiger partial charge in [-0.1, -0.05) is 0 Å². The Morgan fingerprint density at radius 2 is 2.42 bits per heavy atom. The van der Waals surface area contributed by atoms with Gasteiger partial charge in [0.25, 0.3) is 5.56 Å². The zero-order valence-corrected chi connectivity index (χ0v) is 6.34. The number of hydrogen-bond donors (Lipinski definition) is 1. The summed E-state index contributed by atoms with van der Waals surface area (Å²) in [6.07, 6.45) is 1.47. The molecule has 0 saturated carbocycles. The summed E-state index contributed by atoms with van der Waals surface area (Å²) in [7, 11) is 1.70. The maximum Gasteiger partial charge on any atom is 0.278 e. The van der Waals surface area contributed by atoms with Crippen LogP contribution in [0.1, 0.15) is 0 Å². The van der Waals surface area contributed by atoms with Crippen molar-refractivity contribution in [1.82, 2.24) is 14.5 Å². The molecule has 4 nitrogen and oxygen atoms in total. The maximum atomic E-state index is 12.7. The molecule has 0 fully saturated rings. The molecule has 2 aromatic heterocycles. The molecule has 5 heteroatoms. The van der Waals surface area contributed by atoms with Crippen LogP contribution in [-0.4, -0.2) is 14.5 Å². The Balaban J connectivity index is 3.03. The first-order valence-corrected chi connectivity index (χ1v) is 3.38. The van der Waals surface area contributed by atoms with E-state index in [1.807, 2.05) is 4.98 Å². The molecule has 0 amide bonds. The molecule has 2 heterocycles. The minimum atomic E-state index is -0.642. The molecule has 0 spiro atoms. The van der Waals surface area contributed by atoms with Crippen LogP contribution >= 0.6 is 0 Å². The van der Waals surface area contributed by atoms with E-state index in [4.69, 9.17) is 0 Å². The number of rotatable bonds is 0. The van der Waals surface area contributed by atoms with Crippen LogP contribution in [0.2, 0.25) is 0 Å². The van der Waals surface area contributed by atoms with Crippen LogP contribution in [0.25, 0.3) is 11.0 Å². The fraction of sp³-hybridized carbons (Fsp3) is 0.143. The average Bonchev–Trinajstić information content (AvgIpc) is 2.33. The van der Waals surface area contributed by atoms with Crippen LogP contribution in [0.5, 0.6) is 0 Å². The van der Waals surface area contributed by atoms with E-state index in [1.165, 1.54) is 12.4 Å². The number of pyridine rings is 1. The van der Waals surface area contributed by atoms with E-state index in [2.05, 4.69) is 4.98 Å². The van der Waals surface area contributed by atoms with Gasteiger partial charge in [0.05, 0.1) is 11.8 Å². The maximum absolute atomic E-state index is 12.7. The van der Waals surface area contributed by atoms with Crippen LogP contribution in [0.15, 0.2) is 17.2 Å². The lowest BCUT2D eigenvalue weighted by Crippen LogP contribution is -2.08. The van der Waals surface area contributed by atoms with Crippen molar-refractivity contribution in [3.05, 3.63) is 28.7 Å². The van der Waals surface area contributed by atoms with Crippen LogP contribution < -0.4 is 5.56 Å². The Kier molecular flexibility index (Phi) is 1.27. The largest absolute Gasteiger partial charge is 0.333 e. The van der Waals surface area contributed by atoms with Gasteiger partial charge in [0.15, 0.2) is 11.5 Å². The highest BCUT2D eigenvalue weighted by atomic mass is 19.1. The first-order chi connectivity index (χ1) is 5.68. The lowest BCUT2D eigenvalue weighted by atomic mass is 10.4. The third-order valence-electron chi connectivity index (χ3n) is 1.69. The van der Waals surface area contributed by atoms with E-state index in [0.29, 0.717) is 5.52 Å². The normalized spacial score (nSPS) is 10.8. The van der Waals surface area contributed by atoms with Crippen molar-refractivity contribution in [1.29, 1.82) is 0 Å². The summed E-state index contributed by atoms with van der Waals surface area (Å²) in [5.41, 5.74) is 0.265. The van der Waals surface area contributed by atoms with Crippen molar-refractivity contribution in [2.24, 2.45) is 7.05 Å². The summed E-state index contributed by atoms with van der Waals surface area (Å²) in [5, 5.41) is 0. The highest BCUT2D eigenvalue weighted by molar-refractivity contribution is 5.73. The fourth-order valence-electron chi connectivity index (χ4n) is 1.11. The second kappa shape index (κ2) is 2.17. The zero-order valence-electron chi connectivity index (χ0n) is 6.34. The molecule has 62 valence electrons. The second-order valence-corrected chi connectivity index (χ2v) is 2.54. The molecule has 0 bridgehead atoms. The Labute approximate surface area is 66.7 Å². The number of nitrogens with one attached hydrogen (secondary N) is 1. The highest BCUT2D eigenvalue weighted by Gasteiger charge is 2.04. The third kappa shape index (κ3) is 0.827. The Morgan fingerprint density at radius 3 is 3.17 bits per heavy atom. The SMILES string of the molecule is Cn1cnc2c(=O)[nH]c(F)cc21. The molecule has 12 heavy (non-hydrogen) atoms. The van der Waals surface area contributed by atoms with Crippen molar-refractivity contribution in [2.75, 3.05) is 0 Å². The topological polar surface area (TPSA) is 50.7 Å². The average molecular weight is 167 g/mol. The molecule has 0 radical (unpaired) electrons. The molecule has 0 aliphatic heterocycles. The molecular formula is C7H6FN3O. The number of aromatic nitrogens is 3. The van der Waals surface area contributed by atoms with Crippen molar-refractivity contribution < 1.29 is 4.39 Å². The summed E-state index contributed by atoms with van der Waals surface area (Å²) >= 11 is 0. The van der Waals surface area contributed by atoms with Gasteiger partial charge < -0.3 is 4.57 Å². The van der Waals surface area contributed by atoms with E-state index in [9.17, 15) is 9.18 Å². The van der Waals surface area contributed by atoms with Crippen molar-refractivity contribution in [3.8, 4) is 0 Å². The first kappa shape index (κ1) is 7.02. The molecule has 0 unspecified atom stereocenters. The number of aromatic amines is 1. The van der Waals surface area contributed by atoms with Gasteiger partial charge in [-0.15, -0.1) is 0 Å². The molecule has 1 N–H and O–H groups in total. The van der Waals surface area contributed by atoms with Gasteiger partial charge in [-0.3, -0.25) is 9.78 Å². The molecule has 0 saturated heterocycles. The van der Waals surface area contributed by atoms with E-state index in [1.54, 1.807) is 11.6 Å². The number of imidazole rings is 1. The van der Waals surface area contributed by atoms with E-state index in [-0.39, 0.29) is 5.52 Å². The predicted molar refractivity (Wildman–Crippen MR) is 41.3 cm³/mol. The van der Waals surface area contributed by atoms with Gasteiger partial charge in [-0.05, 0) is 0 Å². The minimum Gasteiger partial charge on any atom is -0.333 e. The molecule has 0 atom stereocenters. The predicted octanol–water partition coefficient (Wildman–Crippen LogP) is 0.401. The van der Waals surface area contributed by atoms with Gasteiger partial charge in [-0.2, -0.15) is 4.39 Å². The Bertz CT molecular complexity index is 485. The summed E-state index contributed by atoms with van der Waals surface area (Å²) < 4.78 is 14.2. The molecule has 0 aliphatic carbocycles. The number of H-pyrrole nitrogens is 1. The first-order valence-electron chi connectivity index (χ1n) is 3.38. The summed E-state index contributed by atoms with van der Waals surface area (Å²) in [6, 6.07) is 1.24. The highest BCUT2D eigenvalue weighted by Crippen LogP contribution is 2.06. The van der Waals surface area contributed by atoms with Crippen LogP contribution in [0, 0.1) is 5.95 Å².